The number of benzene rings is 2. The molecule has 132 valence electrons. The fourth-order valence-corrected chi connectivity index (χ4v) is 3.76. The number of hydrogen-bond acceptors (Lipinski definition) is 4. The second-order valence-electron chi connectivity index (χ2n) is 6.26. The summed E-state index contributed by atoms with van der Waals surface area (Å²) >= 11 is 0. The second kappa shape index (κ2) is 6.10. The van der Waals surface area contributed by atoms with Crippen molar-refractivity contribution in [2.24, 2.45) is 0 Å². The Morgan fingerprint density at radius 1 is 1.12 bits per heavy atom. The van der Waals surface area contributed by atoms with Crippen molar-refractivity contribution in [2.75, 3.05) is 12.8 Å². The molecular weight excluding hydrogens is 350 g/mol. The first-order valence-corrected chi connectivity index (χ1v) is 10.1. The molecule has 1 aliphatic heterocycles. The van der Waals surface area contributed by atoms with E-state index < -0.39 is 9.84 Å². The molecule has 4 rings (SSSR count). The Morgan fingerprint density at radius 2 is 1.88 bits per heavy atom. The number of hydrogen-bond donors (Lipinski definition) is 1. The molecule has 26 heavy (non-hydrogen) atoms. The monoisotopic (exact) mass is 367 g/mol. The molecule has 2 heterocycles. The SMILES string of the molecule is CS(=O)(=O)c1ccc(-c2nccn2-c2ccc3c(c2)C(=O)NCC3)cc1. The van der Waals surface area contributed by atoms with Crippen molar-refractivity contribution >= 4 is 15.7 Å². The number of amides is 1. The van der Waals surface area contributed by atoms with Crippen molar-refractivity contribution < 1.29 is 13.2 Å². The number of sulfone groups is 1. The van der Waals surface area contributed by atoms with Crippen molar-refractivity contribution in [3.8, 4) is 17.1 Å². The normalized spacial score (nSPS) is 14.0. The van der Waals surface area contributed by atoms with Gasteiger partial charge in [0.25, 0.3) is 5.91 Å². The van der Waals surface area contributed by atoms with E-state index in [0.717, 1.165) is 23.2 Å². The summed E-state index contributed by atoms with van der Waals surface area (Å²) in [6, 6.07) is 12.4. The average Bonchev–Trinajstić information content (AvgIpc) is 3.11. The van der Waals surface area contributed by atoms with Gasteiger partial charge in [0.05, 0.1) is 4.90 Å². The van der Waals surface area contributed by atoms with Gasteiger partial charge in [-0.15, -0.1) is 0 Å². The number of rotatable bonds is 3. The van der Waals surface area contributed by atoms with Gasteiger partial charge in [-0.3, -0.25) is 9.36 Å². The van der Waals surface area contributed by atoms with Crippen LogP contribution >= 0.6 is 0 Å². The van der Waals surface area contributed by atoms with Gasteiger partial charge in [0.2, 0.25) is 0 Å². The van der Waals surface area contributed by atoms with Gasteiger partial charge in [-0.25, -0.2) is 13.4 Å². The van der Waals surface area contributed by atoms with Crippen LogP contribution in [-0.2, 0) is 16.3 Å². The molecule has 2 aromatic carbocycles. The molecule has 0 radical (unpaired) electrons. The summed E-state index contributed by atoms with van der Waals surface area (Å²) in [5.74, 6) is 0.619. The van der Waals surface area contributed by atoms with Crippen LogP contribution in [0.15, 0.2) is 59.8 Å². The highest BCUT2D eigenvalue weighted by atomic mass is 32.2. The number of nitrogens with one attached hydrogen (secondary N) is 1. The largest absolute Gasteiger partial charge is 0.352 e. The van der Waals surface area contributed by atoms with Gasteiger partial charge in [-0.1, -0.05) is 6.07 Å². The lowest BCUT2D eigenvalue weighted by molar-refractivity contribution is 0.0946. The number of fused-ring (bicyclic) bond motifs is 1. The summed E-state index contributed by atoms with van der Waals surface area (Å²) in [5.41, 5.74) is 3.35. The maximum absolute atomic E-state index is 12.1. The second-order valence-corrected chi connectivity index (χ2v) is 8.28. The van der Waals surface area contributed by atoms with Crippen molar-refractivity contribution in [1.82, 2.24) is 14.9 Å². The Labute approximate surface area is 151 Å². The maximum atomic E-state index is 12.1. The quantitative estimate of drug-likeness (QED) is 0.770. The Bertz CT molecular complexity index is 1100. The van der Waals surface area contributed by atoms with Gasteiger partial charge in [-0.2, -0.15) is 0 Å². The lowest BCUT2D eigenvalue weighted by Gasteiger charge is -2.18. The highest BCUT2D eigenvalue weighted by molar-refractivity contribution is 7.90. The Kier molecular flexibility index (Phi) is 3.88. The number of carbonyl (C=O) groups is 1. The van der Waals surface area contributed by atoms with Crippen molar-refractivity contribution in [1.29, 1.82) is 0 Å². The summed E-state index contributed by atoms with van der Waals surface area (Å²) in [7, 11) is -3.24. The van der Waals surface area contributed by atoms with E-state index in [1.807, 2.05) is 29.0 Å². The zero-order valence-electron chi connectivity index (χ0n) is 14.1. The summed E-state index contributed by atoms with van der Waals surface area (Å²) in [6.45, 7) is 0.661. The lowest BCUT2D eigenvalue weighted by atomic mass is 9.99. The fraction of sp³-hybridized carbons (Fsp3) is 0.158. The van der Waals surface area contributed by atoms with Crippen molar-refractivity contribution in [3.05, 3.63) is 66.0 Å². The van der Waals surface area contributed by atoms with Crippen molar-refractivity contribution in [3.63, 3.8) is 0 Å². The van der Waals surface area contributed by atoms with E-state index in [-0.39, 0.29) is 10.8 Å². The highest BCUT2D eigenvalue weighted by Crippen LogP contribution is 2.25. The molecule has 0 fully saturated rings. The summed E-state index contributed by atoms with van der Waals surface area (Å²) in [5, 5.41) is 2.86. The van der Waals surface area contributed by atoms with Gasteiger partial charge >= 0.3 is 0 Å². The number of carbonyl (C=O) groups excluding carboxylic acids is 1. The average molecular weight is 367 g/mol. The smallest absolute Gasteiger partial charge is 0.251 e. The molecule has 0 aliphatic carbocycles. The molecule has 3 aromatic rings. The van der Waals surface area contributed by atoms with Crippen LogP contribution in [0.1, 0.15) is 15.9 Å². The maximum Gasteiger partial charge on any atom is 0.251 e. The molecule has 0 saturated heterocycles. The van der Waals surface area contributed by atoms with Gasteiger partial charge in [0.1, 0.15) is 5.82 Å². The molecule has 6 nitrogen and oxygen atoms in total. The Balaban J connectivity index is 1.76. The van der Waals surface area contributed by atoms with Crippen LogP contribution in [-0.4, -0.2) is 36.7 Å². The third-order valence-electron chi connectivity index (χ3n) is 4.48. The number of aromatic nitrogens is 2. The van der Waals surface area contributed by atoms with E-state index in [0.29, 0.717) is 17.9 Å². The van der Waals surface area contributed by atoms with Crippen molar-refractivity contribution in [2.45, 2.75) is 11.3 Å². The molecule has 7 heteroatoms. The topological polar surface area (TPSA) is 81.1 Å². The molecule has 1 aliphatic rings. The van der Waals surface area contributed by atoms with E-state index in [1.54, 1.807) is 30.5 Å². The minimum Gasteiger partial charge on any atom is -0.352 e. The van der Waals surface area contributed by atoms with E-state index in [2.05, 4.69) is 10.3 Å². The van der Waals surface area contributed by atoms with E-state index in [9.17, 15) is 13.2 Å². The van der Waals surface area contributed by atoms with Crippen LogP contribution in [0.3, 0.4) is 0 Å². The van der Waals surface area contributed by atoms with Crippen LogP contribution in [0.2, 0.25) is 0 Å². The molecular formula is C19H17N3O3S. The zero-order chi connectivity index (χ0) is 18.3. The molecule has 0 bridgehead atoms. The predicted octanol–water partition coefficient (Wildman–Crippen LogP) is 2.23. The molecule has 0 saturated carbocycles. The van der Waals surface area contributed by atoms with E-state index >= 15 is 0 Å². The Hall–Kier alpha value is -2.93. The number of nitrogens with zero attached hydrogens (tertiary/aromatic N) is 2. The first-order valence-electron chi connectivity index (χ1n) is 8.19. The van der Waals surface area contributed by atoms with Gasteiger partial charge < -0.3 is 5.32 Å². The molecule has 0 unspecified atom stereocenters. The first-order chi connectivity index (χ1) is 12.4. The first kappa shape index (κ1) is 16.5. The molecule has 1 N–H and O–H groups in total. The lowest BCUT2D eigenvalue weighted by Crippen LogP contribution is -2.31. The number of imidazole rings is 1. The van der Waals surface area contributed by atoms with Gasteiger partial charge in [0, 0.05) is 42.0 Å². The third-order valence-corrected chi connectivity index (χ3v) is 5.61. The predicted molar refractivity (Wildman–Crippen MR) is 98.1 cm³/mol. The van der Waals surface area contributed by atoms with Crippen LogP contribution in [0, 0.1) is 0 Å². The van der Waals surface area contributed by atoms with Crippen LogP contribution < -0.4 is 5.32 Å². The van der Waals surface area contributed by atoms with Crippen LogP contribution in [0.5, 0.6) is 0 Å². The summed E-state index contributed by atoms with van der Waals surface area (Å²) in [4.78, 5) is 16.8. The standard InChI is InChI=1S/C19H17N3O3S/c1-26(24,25)16-6-3-14(4-7-16)18-20-10-11-22(18)15-5-2-13-8-9-21-19(23)17(13)12-15/h2-7,10-12H,8-9H2,1H3,(H,21,23). The van der Waals surface area contributed by atoms with Gasteiger partial charge in [0.15, 0.2) is 9.84 Å². The van der Waals surface area contributed by atoms with Gasteiger partial charge in [-0.05, 0) is 48.4 Å². The fourth-order valence-electron chi connectivity index (χ4n) is 3.13. The Morgan fingerprint density at radius 3 is 2.62 bits per heavy atom. The third kappa shape index (κ3) is 2.90. The van der Waals surface area contributed by atoms with E-state index in [4.69, 9.17) is 0 Å². The molecule has 1 amide bonds. The highest BCUT2D eigenvalue weighted by Gasteiger charge is 2.18. The minimum atomic E-state index is -3.24. The minimum absolute atomic E-state index is 0.0627. The van der Waals surface area contributed by atoms with E-state index in [1.165, 1.54) is 6.26 Å². The molecule has 0 atom stereocenters. The van der Waals surface area contributed by atoms with Crippen LogP contribution in [0.4, 0.5) is 0 Å². The molecule has 0 spiro atoms. The summed E-state index contributed by atoms with van der Waals surface area (Å²) in [6.07, 6.45) is 5.51. The zero-order valence-corrected chi connectivity index (χ0v) is 15.0. The van der Waals surface area contributed by atoms with Crippen LogP contribution in [0.25, 0.3) is 17.1 Å². The molecule has 1 aromatic heterocycles. The summed E-state index contributed by atoms with van der Waals surface area (Å²) < 4.78 is 25.1.